The molecular weight excluding hydrogens is 298 g/mol. The Bertz CT molecular complexity index is 1120. The number of para-hydroxylation sites is 1. The molecule has 114 valence electrons. The van der Waals surface area contributed by atoms with Gasteiger partial charge in [0.25, 0.3) is 0 Å². The fourth-order valence-corrected chi connectivity index (χ4v) is 2.94. The van der Waals surface area contributed by atoms with Crippen LogP contribution in [0.1, 0.15) is 0 Å². The van der Waals surface area contributed by atoms with Crippen molar-refractivity contribution in [2.24, 2.45) is 0 Å². The van der Waals surface area contributed by atoms with Crippen molar-refractivity contribution >= 4 is 21.9 Å². The summed E-state index contributed by atoms with van der Waals surface area (Å²) in [4.78, 5) is 12.6. The number of rotatable bonds is 2. The summed E-state index contributed by atoms with van der Waals surface area (Å²) in [6.07, 6.45) is 1.77. The fourth-order valence-electron chi connectivity index (χ4n) is 2.94. The van der Waals surface area contributed by atoms with Crippen molar-refractivity contribution < 1.29 is 0 Å². The van der Waals surface area contributed by atoms with Crippen LogP contribution in [0.2, 0.25) is 0 Å². The van der Waals surface area contributed by atoms with Crippen molar-refractivity contribution in [1.29, 1.82) is 0 Å². The van der Waals surface area contributed by atoms with Crippen molar-refractivity contribution in [1.82, 2.24) is 25.1 Å². The summed E-state index contributed by atoms with van der Waals surface area (Å²) in [6.45, 7) is 0. The molecule has 1 aromatic carbocycles. The molecule has 0 radical (unpaired) electrons. The van der Waals surface area contributed by atoms with E-state index < -0.39 is 0 Å². The zero-order valence-electron chi connectivity index (χ0n) is 12.7. The number of hydrogen-bond acceptors (Lipinski definition) is 3. The van der Waals surface area contributed by atoms with E-state index in [2.05, 4.69) is 38.4 Å². The van der Waals surface area contributed by atoms with E-state index in [1.807, 2.05) is 42.5 Å². The van der Waals surface area contributed by atoms with Crippen LogP contribution < -0.4 is 0 Å². The number of nitrogens with one attached hydrogen (secondary N) is 2. The smallest absolute Gasteiger partial charge is 0.135 e. The third-order valence-corrected chi connectivity index (χ3v) is 4.12. The molecular formula is C19H13N5. The van der Waals surface area contributed by atoms with Crippen LogP contribution in [0.15, 0.2) is 66.9 Å². The first-order valence-electron chi connectivity index (χ1n) is 7.73. The molecule has 4 aromatic heterocycles. The largest absolute Gasteiger partial charge is 0.353 e. The fraction of sp³-hybridized carbons (Fsp3) is 0. The van der Waals surface area contributed by atoms with Gasteiger partial charge in [-0.3, -0.25) is 10.1 Å². The highest BCUT2D eigenvalue weighted by atomic mass is 15.1. The molecule has 0 aliphatic carbocycles. The molecule has 24 heavy (non-hydrogen) atoms. The average Bonchev–Trinajstić information content (AvgIpc) is 3.25. The molecule has 0 fully saturated rings. The van der Waals surface area contributed by atoms with Crippen LogP contribution >= 0.6 is 0 Å². The Balaban J connectivity index is 1.71. The van der Waals surface area contributed by atoms with Gasteiger partial charge in [-0.1, -0.05) is 24.3 Å². The van der Waals surface area contributed by atoms with Gasteiger partial charge in [-0.2, -0.15) is 5.10 Å². The van der Waals surface area contributed by atoms with Gasteiger partial charge >= 0.3 is 0 Å². The maximum absolute atomic E-state index is 4.78. The van der Waals surface area contributed by atoms with Crippen molar-refractivity contribution in [2.75, 3.05) is 0 Å². The molecule has 0 aliphatic rings. The maximum Gasteiger partial charge on any atom is 0.135 e. The van der Waals surface area contributed by atoms with Gasteiger partial charge < -0.3 is 4.98 Å². The van der Waals surface area contributed by atoms with E-state index in [9.17, 15) is 0 Å². The monoisotopic (exact) mass is 311 g/mol. The van der Waals surface area contributed by atoms with Gasteiger partial charge in [0, 0.05) is 17.1 Å². The zero-order valence-corrected chi connectivity index (χ0v) is 12.7. The average molecular weight is 311 g/mol. The van der Waals surface area contributed by atoms with E-state index in [1.54, 1.807) is 6.20 Å². The van der Waals surface area contributed by atoms with Crippen molar-refractivity contribution in [3.8, 4) is 22.8 Å². The van der Waals surface area contributed by atoms with Crippen LogP contribution in [0.5, 0.6) is 0 Å². The summed E-state index contributed by atoms with van der Waals surface area (Å²) < 4.78 is 0. The molecule has 5 heteroatoms. The van der Waals surface area contributed by atoms with E-state index in [1.165, 1.54) is 0 Å². The quantitative estimate of drug-likeness (QED) is 0.514. The van der Waals surface area contributed by atoms with Gasteiger partial charge in [0.05, 0.1) is 22.6 Å². The Kier molecular flexibility index (Phi) is 2.72. The Morgan fingerprint density at radius 3 is 2.58 bits per heavy atom. The second-order valence-electron chi connectivity index (χ2n) is 5.65. The van der Waals surface area contributed by atoms with Crippen molar-refractivity contribution in [2.45, 2.75) is 0 Å². The topological polar surface area (TPSA) is 70.2 Å². The van der Waals surface area contributed by atoms with Crippen LogP contribution in [-0.2, 0) is 0 Å². The normalized spacial score (nSPS) is 11.3. The number of aromatic nitrogens is 5. The number of aromatic amines is 2. The molecule has 0 spiro atoms. The molecule has 0 amide bonds. The number of nitrogens with zero attached hydrogens (tertiary/aromatic N) is 3. The van der Waals surface area contributed by atoms with Crippen LogP contribution in [0, 0.1) is 0 Å². The third-order valence-electron chi connectivity index (χ3n) is 4.12. The first-order valence-corrected chi connectivity index (χ1v) is 7.73. The van der Waals surface area contributed by atoms with Gasteiger partial charge in [-0.05, 0) is 36.4 Å². The molecule has 0 aliphatic heterocycles. The van der Waals surface area contributed by atoms with Crippen LogP contribution in [-0.4, -0.2) is 25.1 Å². The minimum absolute atomic E-state index is 0.819. The lowest BCUT2D eigenvalue weighted by atomic mass is 10.2. The van der Waals surface area contributed by atoms with Crippen LogP contribution in [0.4, 0.5) is 0 Å². The molecule has 0 unspecified atom stereocenters. The molecule has 5 nitrogen and oxygen atoms in total. The molecule has 5 aromatic rings. The first kappa shape index (κ1) is 13.0. The third kappa shape index (κ3) is 1.99. The lowest BCUT2D eigenvalue weighted by Crippen LogP contribution is -1.87. The predicted octanol–water partition coefficient (Wildman–Crippen LogP) is 4.17. The number of benzene rings is 1. The van der Waals surface area contributed by atoms with Gasteiger partial charge in [-0.15, -0.1) is 0 Å². The van der Waals surface area contributed by atoms with E-state index in [0.29, 0.717) is 0 Å². The van der Waals surface area contributed by atoms with Gasteiger partial charge in [0.15, 0.2) is 0 Å². The number of fused-ring (bicyclic) bond motifs is 2. The van der Waals surface area contributed by atoms with Crippen molar-refractivity contribution in [3.05, 3.63) is 66.9 Å². The minimum Gasteiger partial charge on any atom is -0.353 e. The summed E-state index contributed by atoms with van der Waals surface area (Å²) in [5.74, 6) is 0. The highest BCUT2D eigenvalue weighted by Gasteiger charge is 2.13. The molecule has 0 saturated heterocycles. The van der Waals surface area contributed by atoms with Gasteiger partial charge in [-0.25, -0.2) is 4.98 Å². The Morgan fingerprint density at radius 1 is 0.792 bits per heavy atom. The maximum atomic E-state index is 4.78. The second-order valence-corrected chi connectivity index (χ2v) is 5.65. The molecule has 0 saturated carbocycles. The zero-order chi connectivity index (χ0) is 15.9. The van der Waals surface area contributed by atoms with E-state index in [-0.39, 0.29) is 0 Å². The molecule has 5 rings (SSSR count). The Hall–Kier alpha value is -3.47. The number of H-pyrrole nitrogens is 2. The highest BCUT2D eigenvalue weighted by Crippen LogP contribution is 2.28. The first-order chi connectivity index (χ1) is 11.9. The highest BCUT2D eigenvalue weighted by molar-refractivity contribution is 5.94. The minimum atomic E-state index is 0.819. The number of pyridine rings is 2. The van der Waals surface area contributed by atoms with E-state index in [4.69, 9.17) is 4.98 Å². The molecule has 0 bridgehead atoms. The standard InChI is InChI=1S/C19H13N5/c1-2-6-13-12(5-1)11-17(21-13)19-18-16(23-24-19)9-8-15(22-18)14-7-3-4-10-20-14/h1-11,21H,(H,23,24). The van der Waals surface area contributed by atoms with Crippen LogP contribution in [0.3, 0.4) is 0 Å². The van der Waals surface area contributed by atoms with Gasteiger partial charge in [0.1, 0.15) is 11.2 Å². The summed E-state index contributed by atoms with van der Waals surface area (Å²) in [5.41, 5.74) is 6.29. The summed E-state index contributed by atoms with van der Waals surface area (Å²) >= 11 is 0. The second kappa shape index (κ2) is 5.03. The SMILES string of the molecule is c1ccc(-c2ccc3[nH]nc(-c4cc5ccccc5[nH]4)c3n2)nc1. The molecule has 0 atom stereocenters. The Morgan fingerprint density at radius 2 is 1.71 bits per heavy atom. The summed E-state index contributed by atoms with van der Waals surface area (Å²) in [6, 6.07) is 20.0. The predicted molar refractivity (Wildman–Crippen MR) is 94.4 cm³/mol. The molecule has 4 heterocycles. The number of hydrogen-bond donors (Lipinski definition) is 2. The van der Waals surface area contributed by atoms with E-state index in [0.717, 1.165) is 44.7 Å². The summed E-state index contributed by atoms with van der Waals surface area (Å²) in [7, 11) is 0. The van der Waals surface area contributed by atoms with Gasteiger partial charge in [0.2, 0.25) is 0 Å². The van der Waals surface area contributed by atoms with Crippen LogP contribution in [0.25, 0.3) is 44.7 Å². The lowest BCUT2D eigenvalue weighted by Gasteiger charge is -2.00. The lowest BCUT2D eigenvalue weighted by molar-refractivity contribution is 1.12. The Labute approximate surface area is 137 Å². The van der Waals surface area contributed by atoms with E-state index >= 15 is 0 Å². The molecule has 2 N–H and O–H groups in total. The van der Waals surface area contributed by atoms with Crippen molar-refractivity contribution in [3.63, 3.8) is 0 Å². The summed E-state index contributed by atoms with van der Waals surface area (Å²) in [5, 5.41) is 8.67.